The summed E-state index contributed by atoms with van der Waals surface area (Å²) in [4.78, 5) is 24.1. The van der Waals surface area contributed by atoms with Crippen LogP contribution in [0, 0.1) is 0 Å². The first kappa shape index (κ1) is 19.7. The molecule has 3 aromatic rings. The number of rotatable bonds is 6. The Morgan fingerprint density at radius 2 is 1.86 bits per heavy atom. The maximum atomic E-state index is 12.0. The van der Waals surface area contributed by atoms with Gasteiger partial charge in [0.05, 0.1) is 16.3 Å². The Kier molecular flexibility index (Phi) is 6.53. The van der Waals surface area contributed by atoms with Crippen LogP contribution in [-0.2, 0) is 11.3 Å². The average Bonchev–Trinajstić information content (AvgIpc) is 3.23. The number of furan rings is 1. The standard InChI is InChI=1S/C21H16Cl2N2O3/c22-17-7-2-5-15(20(17)23)9-10-19(26)24-13-14-4-1-6-16(12-14)25-21(27)18-8-3-11-28-18/h1-12H,13H2,(H,24,26)(H,25,27)/b10-9+. The first-order valence-electron chi connectivity index (χ1n) is 8.36. The van der Waals surface area contributed by atoms with E-state index in [2.05, 4.69) is 10.6 Å². The summed E-state index contributed by atoms with van der Waals surface area (Å²) in [7, 11) is 0. The van der Waals surface area contributed by atoms with Crippen molar-refractivity contribution in [2.45, 2.75) is 6.54 Å². The van der Waals surface area contributed by atoms with Gasteiger partial charge in [-0.05, 0) is 47.5 Å². The fourth-order valence-electron chi connectivity index (χ4n) is 2.42. The van der Waals surface area contributed by atoms with E-state index < -0.39 is 0 Å². The van der Waals surface area contributed by atoms with Gasteiger partial charge >= 0.3 is 0 Å². The first-order valence-corrected chi connectivity index (χ1v) is 9.12. The van der Waals surface area contributed by atoms with Crippen LogP contribution in [0.2, 0.25) is 10.0 Å². The van der Waals surface area contributed by atoms with Gasteiger partial charge in [-0.25, -0.2) is 0 Å². The van der Waals surface area contributed by atoms with Crippen LogP contribution in [0.5, 0.6) is 0 Å². The molecule has 28 heavy (non-hydrogen) atoms. The molecule has 1 heterocycles. The minimum absolute atomic E-state index is 0.225. The van der Waals surface area contributed by atoms with Crippen molar-refractivity contribution in [2.24, 2.45) is 0 Å². The van der Waals surface area contributed by atoms with Crippen molar-refractivity contribution in [3.63, 3.8) is 0 Å². The Morgan fingerprint density at radius 3 is 2.64 bits per heavy atom. The van der Waals surface area contributed by atoms with Crippen LogP contribution < -0.4 is 10.6 Å². The van der Waals surface area contributed by atoms with E-state index in [0.29, 0.717) is 27.8 Å². The zero-order valence-electron chi connectivity index (χ0n) is 14.6. The van der Waals surface area contributed by atoms with Gasteiger partial charge in [0.15, 0.2) is 5.76 Å². The van der Waals surface area contributed by atoms with Crippen LogP contribution in [0.15, 0.2) is 71.4 Å². The molecule has 0 atom stereocenters. The Hall–Kier alpha value is -3.02. The van der Waals surface area contributed by atoms with E-state index in [9.17, 15) is 9.59 Å². The summed E-state index contributed by atoms with van der Waals surface area (Å²) >= 11 is 12.0. The number of amides is 2. The summed E-state index contributed by atoms with van der Waals surface area (Å²) in [6.45, 7) is 0.302. The SMILES string of the molecule is O=C(/C=C/c1cccc(Cl)c1Cl)NCc1cccc(NC(=O)c2ccco2)c1. The number of carbonyl (C=O) groups is 2. The van der Waals surface area contributed by atoms with Gasteiger partial charge < -0.3 is 15.1 Å². The van der Waals surface area contributed by atoms with E-state index in [1.807, 2.05) is 6.07 Å². The fraction of sp³-hybridized carbons (Fsp3) is 0.0476. The van der Waals surface area contributed by atoms with Crippen molar-refractivity contribution < 1.29 is 14.0 Å². The predicted molar refractivity (Wildman–Crippen MR) is 110 cm³/mol. The molecule has 2 N–H and O–H groups in total. The molecule has 0 unspecified atom stereocenters. The van der Waals surface area contributed by atoms with Crippen LogP contribution in [0.4, 0.5) is 5.69 Å². The lowest BCUT2D eigenvalue weighted by molar-refractivity contribution is -0.116. The van der Waals surface area contributed by atoms with Crippen molar-refractivity contribution in [1.29, 1.82) is 0 Å². The van der Waals surface area contributed by atoms with Gasteiger partial charge in [-0.3, -0.25) is 9.59 Å². The molecular weight excluding hydrogens is 399 g/mol. The van der Waals surface area contributed by atoms with Crippen molar-refractivity contribution in [2.75, 3.05) is 5.32 Å². The molecule has 1 aromatic heterocycles. The molecular formula is C21H16Cl2N2O3. The molecule has 142 valence electrons. The van der Waals surface area contributed by atoms with Gasteiger partial charge in [0.2, 0.25) is 5.91 Å². The van der Waals surface area contributed by atoms with Gasteiger partial charge in [-0.2, -0.15) is 0 Å². The lowest BCUT2D eigenvalue weighted by atomic mass is 10.2. The second-order valence-electron chi connectivity index (χ2n) is 5.83. The molecule has 2 aromatic carbocycles. The quantitative estimate of drug-likeness (QED) is 0.546. The number of hydrogen-bond acceptors (Lipinski definition) is 3. The Bertz CT molecular complexity index is 1010. The van der Waals surface area contributed by atoms with Gasteiger partial charge in [0, 0.05) is 18.3 Å². The van der Waals surface area contributed by atoms with E-state index >= 15 is 0 Å². The summed E-state index contributed by atoms with van der Waals surface area (Å²) in [5, 5.41) is 6.35. The number of hydrogen-bond donors (Lipinski definition) is 2. The lowest BCUT2D eigenvalue weighted by Crippen LogP contribution is -2.20. The van der Waals surface area contributed by atoms with Crippen LogP contribution in [0.3, 0.4) is 0 Å². The molecule has 3 rings (SSSR count). The van der Waals surface area contributed by atoms with Gasteiger partial charge in [0.1, 0.15) is 0 Å². The minimum atomic E-state index is -0.340. The van der Waals surface area contributed by atoms with E-state index in [4.69, 9.17) is 27.6 Å². The summed E-state index contributed by atoms with van der Waals surface area (Å²) in [5.74, 6) is -0.392. The third kappa shape index (κ3) is 5.25. The van der Waals surface area contributed by atoms with Gasteiger partial charge in [0.25, 0.3) is 5.91 Å². The molecule has 5 nitrogen and oxygen atoms in total. The molecule has 0 aliphatic heterocycles. The predicted octanol–water partition coefficient (Wildman–Crippen LogP) is 5.17. The average molecular weight is 415 g/mol. The van der Waals surface area contributed by atoms with Crippen LogP contribution in [0.1, 0.15) is 21.7 Å². The maximum absolute atomic E-state index is 12.0. The number of nitrogens with one attached hydrogen (secondary N) is 2. The second-order valence-corrected chi connectivity index (χ2v) is 6.61. The van der Waals surface area contributed by atoms with Crippen molar-refractivity contribution >= 4 is 46.8 Å². The molecule has 0 bridgehead atoms. The van der Waals surface area contributed by atoms with Gasteiger partial charge in [-0.15, -0.1) is 0 Å². The highest BCUT2D eigenvalue weighted by Gasteiger charge is 2.09. The Labute approximate surface area is 172 Å². The number of halogens is 2. The van der Waals surface area contributed by atoms with Crippen molar-refractivity contribution in [3.8, 4) is 0 Å². The molecule has 0 aliphatic rings. The normalized spacial score (nSPS) is 10.8. The number of anilines is 1. The number of benzene rings is 2. The summed E-state index contributed by atoms with van der Waals surface area (Å²) < 4.78 is 5.06. The molecule has 0 fully saturated rings. The minimum Gasteiger partial charge on any atom is -0.459 e. The monoisotopic (exact) mass is 414 g/mol. The first-order chi connectivity index (χ1) is 13.5. The highest BCUT2D eigenvalue weighted by molar-refractivity contribution is 6.42. The summed E-state index contributed by atoms with van der Waals surface area (Å²) in [6, 6.07) is 15.6. The molecule has 0 radical (unpaired) electrons. The van der Waals surface area contributed by atoms with E-state index in [0.717, 1.165) is 5.56 Å². The highest BCUT2D eigenvalue weighted by atomic mass is 35.5. The summed E-state index contributed by atoms with van der Waals surface area (Å²) in [5.41, 5.74) is 2.10. The topological polar surface area (TPSA) is 71.3 Å². The second kappa shape index (κ2) is 9.26. The highest BCUT2D eigenvalue weighted by Crippen LogP contribution is 2.26. The maximum Gasteiger partial charge on any atom is 0.291 e. The lowest BCUT2D eigenvalue weighted by Gasteiger charge is -2.07. The summed E-state index contributed by atoms with van der Waals surface area (Å²) in [6.07, 6.45) is 4.43. The number of carbonyl (C=O) groups excluding carboxylic acids is 2. The fourth-order valence-corrected chi connectivity index (χ4v) is 2.79. The van der Waals surface area contributed by atoms with E-state index in [1.165, 1.54) is 12.3 Å². The van der Waals surface area contributed by atoms with Crippen molar-refractivity contribution in [3.05, 3.63) is 93.9 Å². The zero-order valence-corrected chi connectivity index (χ0v) is 16.1. The molecule has 7 heteroatoms. The van der Waals surface area contributed by atoms with Crippen LogP contribution >= 0.6 is 23.2 Å². The Balaban J connectivity index is 1.57. The molecule has 0 aliphatic carbocycles. The Morgan fingerprint density at radius 1 is 1.04 bits per heavy atom. The largest absolute Gasteiger partial charge is 0.459 e. The van der Waals surface area contributed by atoms with Crippen LogP contribution in [0.25, 0.3) is 6.08 Å². The molecule has 2 amide bonds. The van der Waals surface area contributed by atoms with Crippen molar-refractivity contribution in [1.82, 2.24) is 5.32 Å². The van der Waals surface area contributed by atoms with E-state index in [1.54, 1.807) is 54.6 Å². The molecule has 0 saturated heterocycles. The molecule has 0 saturated carbocycles. The van der Waals surface area contributed by atoms with Crippen LogP contribution in [-0.4, -0.2) is 11.8 Å². The smallest absolute Gasteiger partial charge is 0.291 e. The zero-order chi connectivity index (χ0) is 19.9. The third-order valence-corrected chi connectivity index (χ3v) is 4.63. The molecule has 0 spiro atoms. The van der Waals surface area contributed by atoms with E-state index in [-0.39, 0.29) is 17.6 Å². The third-order valence-electron chi connectivity index (χ3n) is 3.79. The van der Waals surface area contributed by atoms with Gasteiger partial charge in [-0.1, -0.05) is 47.5 Å².